The third-order valence-electron chi connectivity index (χ3n) is 5.87. The Morgan fingerprint density at radius 3 is 2.55 bits per heavy atom. The van der Waals surface area contributed by atoms with Gasteiger partial charge >= 0.3 is 0 Å². The molecule has 0 heterocycles. The van der Waals surface area contributed by atoms with Crippen LogP contribution in [-0.4, -0.2) is 10.8 Å². The fraction of sp³-hybridized carbons (Fsp3) is 0.611. The summed E-state index contributed by atoms with van der Waals surface area (Å²) in [7, 11) is 0. The molecule has 0 spiro atoms. The van der Waals surface area contributed by atoms with E-state index in [1.165, 1.54) is 12.5 Å². The summed E-state index contributed by atoms with van der Waals surface area (Å²) >= 11 is 6.77. The molecule has 2 nitrogen and oxygen atoms in total. The Balaban J connectivity index is 1.50. The highest BCUT2D eigenvalue weighted by Gasteiger charge is 2.59. The van der Waals surface area contributed by atoms with Gasteiger partial charge in [-0.05, 0) is 56.4 Å². The van der Waals surface area contributed by atoms with Crippen LogP contribution < -0.4 is 5.32 Å². The molecule has 4 heteroatoms. The highest BCUT2D eigenvalue weighted by atomic mass is 35.5. The van der Waals surface area contributed by atoms with Crippen molar-refractivity contribution in [2.45, 2.75) is 49.9 Å². The molecule has 118 valence electrons. The van der Waals surface area contributed by atoms with E-state index in [0.717, 1.165) is 32.1 Å². The van der Waals surface area contributed by atoms with Gasteiger partial charge in [0.05, 0.1) is 5.41 Å². The first-order valence-electron chi connectivity index (χ1n) is 8.19. The summed E-state index contributed by atoms with van der Waals surface area (Å²) in [5.74, 6) is 1.01. The van der Waals surface area contributed by atoms with Crippen LogP contribution in [-0.2, 0) is 11.3 Å². The maximum Gasteiger partial charge on any atom is 0.226 e. The normalized spacial score (nSPS) is 39.0. The Hall–Kier alpha value is -1.09. The lowest BCUT2D eigenvalue weighted by Crippen LogP contribution is -2.58. The molecular weight excluding hydrogens is 301 g/mol. The van der Waals surface area contributed by atoms with Crippen LogP contribution in [0.4, 0.5) is 4.39 Å². The number of alkyl halides is 1. The molecule has 4 aliphatic rings. The standard InChI is InChI=1S/C18H21ClFNO/c19-18-8-12-5-13(9-18)7-17(6-12,11-18)16(22)21-10-14-3-1-2-4-15(14)20/h1-4,12-13H,5-11H2,(H,21,22)/t12-,13+,17?,18?. The van der Waals surface area contributed by atoms with Crippen molar-refractivity contribution in [2.75, 3.05) is 0 Å². The number of amides is 1. The number of rotatable bonds is 3. The third kappa shape index (κ3) is 2.34. The molecule has 4 aliphatic carbocycles. The maximum absolute atomic E-state index is 13.7. The molecule has 22 heavy (non-hydrogen) atoms. The van der Waals surface area contributed by atoms with Crippen LogP contribution in [0.2, 0.25) is 0 Å². The van der Waals surface area contributed by atoms with Gasteiger partial charge in [-0.2, -0.15) is 0 Å². The van der Waals surface area contributed by atoms with Gasteiger partial charge in [0.25, 0.3) is 0 Å². The first-order chi connectivity index (χ1) is 10.5. The van der Waals surface area contributed by atoms with Gasteiger partial charge in [-0.15, -0.1) is 11.6 Å². The lowest BCUT2D eigenvalue weighted by atomic mass is 9.49. The van der Waals surface area contributed by atoms with E-state index in [4.69, 9.17) is 11.6 Å². The van der Waals surface area contributed by atoms with Gasteiger partial charge in [0.1, 0.15) is 5.82 Å². The number of hydrogen-bond donors (Lipinski definition) is 1. The van der Waals surface area contributed by atoms with Crippen molar-refractivity contribution >= 4 is 17.5 Å². The predicted octanol–water partition coefficient (Wildman–Crippen LogP) is 4.02. The molecule has 2 unspecified atom stereocenters. The predicted molar refractivity (Wildman–Crippen MR) is 83.9 cm³/mol. The van der Waals surface area contributed by atoms with Crippen LogP contribution in [0.15, 0.2) is 24.3 Å². The van der Waals surface area contributed by atoms with Crippen LogP contribution in [0.3, 0.4) is 0 Å². The number of benzene rings is 1. The molecule has 0 aromatic heterocycles. The minimum atomic E-state index is -0.308. The maximum atomic E-state index is 13.7. The Labute approximate surface area is 135 Å². The Morgan fingerprint density at radius 2 is 1.91 bits per heavy atom. The summed E-state index contributed by atoms with van der Waals surface area (Å²) in [6.45, 7) is 0.262. The van der Waals surface area contributed by atoms with E-state index in [-0.39, 0.29) is 28.6 Å². The van der Waals surface area contributed by atoms with Gasteiger partial charge < -0.3 is 5.32 Å². The summed E-state index contributed by atoms with van der Waals surface area (Å²) in [5.41, 5.74) is 0.234. The number of nitrogens with one attached hydrogen (secondary N) is 1. The molecule has 4 saturated carbocycles. The third-order valence-corrected chi connectivity index (χ3v) is 6.31. The van der Waals surface area contributed by atoms with Crippen molar-refractivity contribution in [1.82, 2.24) is 5.32 Å². The summed E-state index contributed by atoms with van der Waals surface area (Å²) in [6, 6.07) is 6.61. The molecule has 4 bridgehead atoms. The fourth-order valence-electron chi connectivity index (χ4n) is 5.42. The SMILES string of the molecule is O=C(NCc1ccccc1F)C12C[C@@H]3C[C@@H](CC(Cl)(C3)C1)C2. The smallest absolute Gasteiger partial charge is 0.226 e. The van der Waals surface area contributed by atoms with E-state index in [0.29, 0.717) is 17.4 Å². The molecule has 4 fully saturated rings. The average molecular weight is 322 g/mol. The second kappa shape index (κ2) is 4.95. The summed E-state index contributed by atoms with van der Waals surface area (Å²) in [5, 5.41) is 2.98. The lowest BCUT2D eigenvalue weighted by Gasteiger charge is -2.59. The molecule has 1 amide bonds. The van der Waals surface area contributed by atoms with Crippen molar-refractivity contribution in [3.8, 4) is 0 Å². The van der Waals surface area contributed by atoms with Gasteiger partial charge in [-0.1, -0.05) is 18.2 Å². The minimum absolute atomic E-state index is 0.0786. The number of carbonyl (C=O) groups excluding carboxylic acids is 1. The average Bonchev–Trinajstić information content (AvgIpc) is 2.43. The first kappa shape index (κ1) is 14.5. The van der Waals surface area contributed by atoms with Crippen LogP contribution in [0.5, 0.6) is 0 Å². The molecule has 1 aromatic carbocycles. The largest absolute Gasteiger partial charge is 0.351 e. The second-order valence-electron chi connectivity index (χ2n) is 7.67. The lowest BCUT2D eigenvalue weighted by molar-refractivity contribution is -0.144. The molecule has 1 aromatic rings. The van der Waals surface area contributed by atoms with Crippen LogP contribution >= 0.6 is 11.6 Å². The van der Waals surface area contributed by atoms with E-state index >= 15 is 0 Å². The van der Waals surface area contributed by atoms with Gasteiger partial charge in [0.2, 0.25) is 5.91 Å². The first-order valence-corrected chi connectivity index (χ1v) is 8.57. The van der Waals surface area contributed by atoms with Crippen molar-refractivity contribution in [2.24, 2.45) is 17.3 Å². The second-order valence-corrected chi connectivity index (χ2v) is 8.47. The fourth-order valence-corrected chi connectivity index (χ4v) is 6.11. The number of carbonyl (C=O) groups is 1. The monoisotopic (exact) mass is 321 g/mol. The van der Waals surface area contributed by atoms with Crippen LogP contribution in [0.25, 0.3) is 0 Å². The molecule has 1 N–H and O–H groups in total. The quantitative estimate of drug-likeness (QED) is 0.837. The summed E-state index contributed by atoms with van der Waals surface area (Å²) in [6.07, 6.45) is 6.07. The van der Waals surface area contributed by atoms with Gasteiger partial charge in [0.15, 0.2) is 0 Å². The van der Waals surface area contributed by atoms with Crippen molar-refractivity contribution < 1.29 is 9.18 Å². The minimum Gasteiger partial charge on any atom is -0.351 e. The van der Waals surface area contributed by atoms with E-state index < -0.39 is 0 Å². The Bertz CT molecular complexity index is 603. The number of halogens is 2. The Kier molecular flexibility index (Phi) is 3.26. The zero-order valence-electron chi connectivity index (χ0n) is 12.6. The van der Waals surface area contributed by atoms with Crippen LogP contribution in [0, 0.1) is 23.1 Å². The summed E-state index contributed by atoms with van der Waals surface area (Å²) in [4.78, 5) is 12.7. The Morgan fingerprint density at radius 1 is 1.23 bits per heavy atom. The zero-order valence-corrected chi connectivity index (χ0v) is 13.3. The topological polar surface area (TPSA) is 29.1 Å². The van der Waals surface area contributed by atoms with Crippen LogP contribution in [0.1, 0.15) is 44.1 Å². The molecule has 0 saturated heterocycles. The summed E-state index contributed by atoms with van der Waals surface area (Å²) < 4.78 is 13.7. The molecule has 0 radical (unpaired) electrons. The number of hydrogen-bond acceptors (Lipinski definition) is 1. The van der Waals surface area contributed by atoms with E-state index in [1.54, 1.807) is 18.2 Å². The molecule has 4 atom stereocenters. The van der Waals surface area contributed by atoms with E-state index in [2.05, 4.69) is 5.32 Å². The molecule has 0 aliphatic heterocycles. The van der Waals surface area contributed by atoms with Crippen molar-refractivity contribution in [1.29, 1.82) is 0 Å². The van der Waals surface area contributed by atoms with Crippen molar-refractivity contribution in [3.05, 3.63) is 35.6 Å². The molecular formula is C18H21ClFNO. The highest BCUT2D eigenvalue weighted by molar-refractivity contribution is 6.24. The van der Waals surface area contributed by atoms with Gasteiger partial charge in [-0.3, -0.25) is 4.79 Å². The highest BCUT2D eigenvalue weighted by Crippen LogP contribution is 2.63. The zero-order chi connectivity index (χ0) is 15.4. The molecule has 5 rings (SSSR count). The van der Waals surface area contributed by atoms with Gasteiger partial charge in [0, 0.05) is 17.0 Å². The van der Waals surface area contributed by atoms with E-state index in [9.17, 15) is 9.18 Å². The van der Waals surface area contributed by atoms with Gasteiger partial charge in [-0.25, -0.2) is 4.39 Å². The van der Waals surface area contributed by atoms with E-state index in [1.807, 2.05) is 0 Å². The van der Waals surface area contributed by atoms with Crippen molar-refractivity contribution in [3.63, 3.8) is 0 Å².